The van der Waals surface area contributed by atoms with Gasteiger partial charge in [-0.05, 0) is 20.8 Å². The largest absolute Gasteiger partial charge is 0.478 e. The highest BCUT2D eigenvalue weighted by Gasteiger charge is 2.15. The molecule has 0 aromatic carbocycles. The number of aliphatic carboxylic acids is 1. The van der Waals surface area contributed by atoms with Crippen LogP contribution in [0.25, 0.3) is 0 Å². The first-order valence-electron chi connectivity index (χ1n) is 4.84. The minimum absolute atomic E-state index is 0.255. The summed E-state index contributed by atoms with van der Waals surface area (Å²) in [6.07, 6.45) is 1.72. The lowest BCUT2D eigenvalue weighted by molar-refractivity contribution is -0.131. The van der Waals surface area contributed by atoms with Gasteiger partial charge in [-0.1, -0.05) is 6.08 Å². The van der Waals surface area contributed by atoms with Gasteiger partial charge in [0.1, 0.15) is 0 Å². The van der Waals surface area contributed by atoms with Gasteiger partial charge in [-0.25, -0.2) is 4.79 Å². The van der Waals surface area contributed by atoms with Crippen LogP contribution in [0.5, 0.6) is 0 Å². The molecule has 88 valence electrons. The molecule has 0 aliphatic carbocycles. The summed E-state index contributed by atoms with van der Waals surface area (Å²) >= 11 is 0. The van der Waals surface area contributed by atoms with Gasteiger partial charge in [0.25, 0.3) is 0 Å². The van der Waals surface area contributed by atoms with Gasteiger partial charge in [-0.15, -0.1) is 0 Å². The molecule has 0 aliphatic heterocycles. The molecule has 0 bridgehead atoms. The number of aliphatic hydroxyl groups excluding tert-OH is 1. The Morgan fingerprint density at radius 2 is 2.20 bits per heavy atom. The minimum Gasteiger partial charge on any atom is -0.478 e. The van der Waals surface area contributed by atoms with Crippen molar-refractivity contribution in [2.75, 3.05) is 13.2 Å². The first kappa shape index (κ1) is 14.1. The van der Waals surface area contributed by atoms with E-state index in [-0.39, 0.29) is 6.54 Å². The summed E-state index contributed by atoms with van der Waals surface area (Å²) in [6.45, 7) is 6.11. The summed E-state index contributed by atoms with van der Waals surface area (Å²) in [6, 6.07) is 0. The first-order chi connectivity index (χ1) is 6.87. The van der Waals surface area contributed by atoms with Crippen molar-refractivity contribution in [3.8, 4) is 0 Å². The first-order valence-corrected chi connectivity index (χ1v) is 4.84. The molecule has 1 unspecified atom stereocenters. The third-order valence-electron chi connectivity index (χ3n) is 1.73. The fourth-order valence-electron chi connectivity index (χ4n) is 0.940. The molecule has 0 aliphatic rings. The SMILES string of the molecule is CCOC(O)CNC(C)(C)C=CC(=O)O. The van der Waals surface area contributed by atoms with E-state index in [0.717, 1.165) is 6.08 Å². The van der Waals surface area contributed by atoms with E-state index in [4.69, 9.17) is 9.84 Å². The van der Waals surface area contributed by atoms with E-state index in [9.17, 15) is 9.90 Å². The number of carboxylic acid groups (broad SMARTS) is 1. The number of carbonyl (C=O) groups is 1. The van der Waals surface area contributed by atoms with E-state index in [2.05, 4.69) is 5.32 Å². The molecule has 1 atom stereocenters. The number of hydrogen-bond donors (Lipinski definition) is 3. The number of carboxylic acids is 1. The average Bonchev–Trinajstić information content (AvgIpc) is 2.13. The van der Waals surface area contributed by atoms with Crippen molar-refractivity contribution in [1.29, 1.82) is 0 Å². The Balaban J connectivity index is 3.98. The van der Waals surface area contributed by atoms with Gasteiger partial charge in [0.15, 0.2) is 6.29 Å². The number of β-amino-alcohol motifs (C(OH)–C–C–N with tert-alkyl or cyclic N) is 1. The predicted octanol–water partition coefficient (Wildman–Crippen LogP) is 0.350. The molecule has 3 N–H and O–H groups in total. The van der Waals surface area contributed by atoms with Crippen LogP contribution in [0.4, 0.5) is 0 Å². The van der Waals surface area contributed by atoms with Gasteiger partial charge in [0.05, 0.1) is 0 Å². The summed E-state index contributed by atoms with van der Waals surface area (Å²) in [5, 5.41) is 20.7. The van der Waals surface area contributed by atoms with E-state index < -0.39 is 17.8 Å². The summed E-state index contributed by atoms with van der Waals surface area (Å²) in [4.78, 5) is 10.3. The highest BCUT2D eigenvalue weighted by Crippen LogP contribution is 2.04. The Labute approximate surface area is 89.7 Å². The van der Waals surface area contributed by atoms with Gasteiger partial charge in [-0.2, -0.15) is 0 Å². The van der Waals surface area contributed by atoms with Crippen LogP contribution in [0.3, 0.4) is 0 Å². The molecular weight excluding hydrogens is 198 g/mol. The molecule has 0 saturated heterocycles. The predicted molar refractivity (Wildman–Crippen MR) is 56.5 cm³/mol. The molecule has 0 spiro atoms. The molecule has 0 radical (unpaired) electrons. The van der Waals surface area contributed by atoms with Crippen molar-refractivity contribution in [2.24, 2.45) is 0 Å². The molecule has 15 heavy (non-hydrogen) atoms. The highest BCUT2D eigenvalue weighted by molar-refractivity contribution is 5.79. The number of nitrogens with one attached hydrogen (secondary N) is 1. The summed E-state index contributed by atoms with van der Waals surface area (Å²) in [5.41, 5.74) is -0.490. The molecule has 0 saturated carbocycles. The Morgan fingerprint density at radius 3 is 2.67 bits per heavy atom. The van der Waals surface area contributed by atoms with Crippen molar-refractivity contribution in [3.05, 3.63) is 12.2 Å². The molecule has 0 amide bonds. The van der Waals surface area contributed by atoms with Crippen LogP contribution < -0.4 is 5.32 Å². The zero-order chi connectivity index (χ0) is 11.9. The van der Waals surface area contributed by atoms with Crippen molar-refractivity contribution < 1.29 is 19.7 Å². The normalized spacial score (nSPS) is 14.4. The van der Waals surface area contributed by atoms with Crippen LogP contribution in [0.2, 0.25) is 0 Å². The lowest BCUT2D eigenvalue weighted by Gasteiger charge is -2.23. The number of rotatable bonds is 7. The van der Waals surface area contributed by atoms with Gasteiger partial charge in [0, 0.05) is 24.8 Å². The zero-order valence-electron chi connectivity index (χ0n) is 9.36. The molecule has 0 rings (SSSR count). The topological polar surface area (TPSA) is 78.8 Å². The Bertz CT molecular complexity index is 225. The Hall–Kier alpha value is -0.910. The van der Waals surface area contributed by atoms with E-state index in [1.165, 1.54) is 6.08 Å². The number of hydrogen-bond acceptors (Lipinski definition) is 4. The van der Waals surface area contributed by atoms with E-state index in [1.807, 2.05) is 13.8 Å². The lowest BCUT2D eigenvalue weighted by Crippen LogP contribution is -2.42. The average molecular weight is 217 g/mol. The standard InChI is InChI=1S/C10H19NO4/c1-4-15-9(14)7-11-10(2,3)6-5-8(12)13/h5-6,9,11,14H,4,7H2,1-3H3,(H,12,13). The third kappa shape index (κ3) is 8.11. The maximum atomic E-state index is 10.3. The maximum Gasteiger partial charge on any atom is 0.328 e. The van der Waals surface area contributed by atoms with Gasteiger partial charge in [0.2, 0.25) is 0 Å². The van der Waals surface area contributed by atoms with Gasteiger partial charge < -0.3 is 20.3 Å². The second-order valence-corrected chi connectivity index (χ2v) is 3.68. The summed E-state index contributed by atoms with van der Waals surface area (Å²) in [5.74, 6) is -0.991. The molecule has 0 fully saturated rings. The van der Waals surface area contributed by atoms with Crippen LogP contribution in [0.15, 0.2) is 12.2 Å². The number of ether oxygens (including phenoxy) is 1. The highest BCUT2D eigenvalue weighted by atomic mass is 16.6. The second-order valence-electron chi connectivity index (χ2n) is 3.68. The molecule has 0 aromatic rings. The van der Waals surface area contributed by atoms with E-state index in [0.29, 0.717) is 6.61 Å². The zero-order valence-corrected chi connectivity index (χ0v) is 9.36. The fraction of sp³-hybridized carbons (Fsp3) is 0.700. The molecular formula is C10H19NO4. The van der Waals surface area contributed by atoms with Crippen LogP contribution >= 0.6 is 0 Å². The Morgan fingerprint density at radius 1 is 1.60 bits per heavy atom. The smallest absolute Gasteiger partial charge is 0.328 e. The van der Waals surface area contributed by atoms with Gasteiger partial charge in [-0.3, -0.25) is 0 Å². The van der Waals surface area contributed by atoms with Crippen molar-refractivity contribution in [2.45, 2.75) is 32.6 Å². The maximum absolute atomic E-state index is 10.3. The summed E-state index contributed by atoms with van der Waals surface area (Å²) in [7, 11) is 0. The Kier molecular flexibility index (Phi) is 6.15. The lowest BCUT2D eigenvalue weighted by atomic mass is 10.1. The molecule has 5 heteroatoms. The van der Waals surface area contributed by atoms with Crippen LogP contribution in [0.1, 0.15) is 20.8 Å². The van der Waals surface area contributed by atoms with Crippen molar-refractivity contribution in [1.82, 2.24) is 5.32 Å². The van der Waals surface area contributed by atoms with Crippen molar-refractivity contribution >= 4 is 5.97 Å². The molecule has 0 heterocycles. The van der Waals surface area contributed by atoms with E-state index in [1.54, 1.807) is 6.92 Å². The summed E-state index contributed by atoms with van der Waals surface area (Å²) < 4.78 is 4.92. The number of aliphatic hydroxyl groups is 1. The van der Waals surface area contributed by atoms with Gasteiger partial charge >= 0.3 is 5.97 Å². The third-order valence-corrected chi connectivity index (χ3v) is 1.73. The van der Waals surface area contributed by atoms with Crippen LogP contribution in [-0.2, 0) is 9.53 Å². The second kappa shape index (κ2) is 6.55. The minimum atomic E-state index is -0.991. The molecule has 0 aromatic heterocycles. The van der Waals surface area contributed by atoms with Crippen LogP contribution in [0, 0.1) is 0 Å². The quantitative estimate of drug-likeness (QED) is 0.423. The molecule has 5 nitrogen and oxygen atoms in total. The fourth-order valence-corrected chi connectivity index (χ4v) is 0.940. The van der Waals surface area contributed by atoms with Crippen LogP contribution in [-0.4, -0.2) is 41.2 Å². The van der Waals surface area contributed by atoms with Crippen molar-refractivity contribution in [3.63, 3.8) is 0 Å². The van der Waals surface area contributed by atoms with E-state index >= 15 is 0 Å². The monoisotopic (exact) mass is 217 g/mol.